The Kier molecular flexibility index (Phi) is 1.88. The second-order valence-corrected chi connectivity index (χ2v) is 2.52. The van der Waals surface area contributed by atoms with Crippen molar-refractivity contribution in [3.8, 4) is 11.9 Å². The SMILES string of the molecule is CC(=O)c1c(O)[nH]c(C)c1C#N. The van der Waals surface area contributed by atoms with Crippen LogP contribution >= 0.6 is 0 Å². The Morgan fingerprint density at radius 3 is 2.58 bits per heavy atom. The van der Waals surface area contributed by atoms with Crippen LogP contribution in [0.4, 0.5) is 0 Å². The van der Waals surface area contributed by atoms with Gasteiger partial charge in [0.25, 0.3) is 0 Å². The molecule has 0 aliphatic rings. The predicted molar refractivity (Wildman–Crippen MR) is 41.9 cm³/mol. The normalized spacial score (nSPS) is 9.42. The average molecular weight is 164 g/mol. The second-order valence-electron chi connectivity index (χ2n) is 2.52. The highest BCUT2D eigenvalue weighted by molar-refractivity contribution is 5.99. The van der Waals surface area contributed by atoms with Crippen molar-refractivity contribution in [2.45, 2.75) is 13.8 Å². The smallest absolute Gasteiger partial charge is 0.201 e. The molecule has 2 N–H and O–H groups in total. The highest BCUT2D eigenvalue weighted by atomic mass is 16.3. The molecule has 0 spiro atoms. The van der Waals surface area contributed by atoms with E-state index in [-0.39, 0.29) is 22.8 Å². The van der Waals surface area contributed by atoms with Gasteiger partial charge in [0.15, 0.2) is 5.78 Å². The molecule has 0 saturated heterocycles. The molecule has 1 aromatic rings. The van der Waals surface area contributed by atoms with Gasteiger partial charge in [-0.3, -0.25) is 4.79 Å². The van der Waals surface area contributed by atoms with Crippen LogP contribution < -0.4 is 0 Å². The lowest BCUT2D eigenvalue weighted by atomic mass is 10.1. The van der Waals surface area contributed by atoms with Crippen LogP contribution in [-0.4, -0.2) is 15.9 Å². The summed E-state index contributed by atoms with van der Waals surface area (Å²) in [5.41, 5.74) is 0.815. The summed E-state index contributed by atoms with van der Waals surface area (Å²) < 4.78 is 0. The predicted octanol–water partition coefficient (Wildman–Crippen LogP) is 1.10. The summed E-state index contributed by atoms with van der Waals surface area (Å²) in [4.78, 5) is 13.4. The van der Waals surface area contributed by atoms with Gasteiger partial charge in [-0.1, -0.05) is 0 Å². The molecular weight excluding hydrogens is 156 g/mol. The monoisotopic (exact) mass is 164 g/mol. The fourth-order valence-corrected chi connectivity index (χ4v) is 1.09. The summed E-state index contributed by atoms with van der Waals surface area (Å²) in [6.45, 7) is 2.94. The van der Waals surface area contributed by atoms with Gasteiger partial charge >= 0.3 is 0 Å². The number of ketones is 1. The number of hydrogen-bond acceptors (Lipinski definition) is 3. The third kappa shape index (κ3) is 1.05. The van der Waals surface area contributed by atoms with Crippen molar-refractivity contribution in [2.24, 2.45) is 0 Å². The number of aromatic hydroxyl groups is 1. The lowest BCUT2D eigenvalue weighted by Gasteiger charge is -1.90. The number of rotatable bonds is 1. The summed E-state index contributed by atoms with van der Waals surface area (Å²) in [6.07, 6.45) is 0. The molecular formula is C8H8N2O2. The van der Waals surface area contributed by atoms with Crippen LogP contribution in [0.5, 0.6) is 5.88 Å². The molecule has 12 heavy (non-hydrogen) atoms. The van der Waals surface area contributed by atoms with Crippen molar-refractivity contribution in [3.63, 3.8) is 0 Å². The molecule has 0 atom stereocenters. The minimum atomic E-state index is -0.312. The number of nitriles is 1. The highest BCUT2D eigenvalue weighted by Crippen LogP contribution is 2.23. The van der Waals surface area contributed by atoms with Gasteiger partial charge in [0.05, 0.1) is 11.1 Å². The van der Waals surface area contributed by atoms with Crippen LogP contribution in [0.3, 0.4) is 0 Å². The minimum absolute atomic E-state index is 0.0787. The molecule has 1 aromatic heterocycles. The molecule has 0 unspecified atom stereocenters. The molecule has 0 bridgehead atoms. The van der Waals surface area contributed by atoms with Crippen LogP contribution in [0, 0.1) is 18.3 Å². The highest BCUT2D eigenvalue weighted by Gasteiger charge is 2.17. The molecule has 4 heteroatoms. The van der Waals surface area contributed by atoms with E-state index in [4.69, 9.17) is 5.26 Å². The lowest BCUT2D eigenvalue weighted by molar-refractivity contribution is 0.101. The molecule has 1 heterocycles. The van der Waals surface area contributed by atoms with E-state index in [1.807, 2.05) is 6.07 Å². The van der Waals surface area contributed by atoms with Crippen LogP contribution in [0.2, 0.25) is 0 Å². The Bertz CT molecular complexity index is 371. The van der Waals surface area contributed by atoms with Crippen molar-refractivity contribution >= 4 is 5.78 Å². The summed E-state index contributed by atoms with van der Waals surface area (Å²) in [5, 5.41) is 17.8. The molecule has 4 nitrogen and oxygen atoms in total. The van der Waals surface area contributed by atoms with Crippen LogP contribution in [-0.2, 0) is 0 Å². The summed E-state index contributed by atoms with van der Waals surface area (Å²) in [6, 6.07) is 1.85. The number of nitrogens with zero attached hydrogens (tertiary/aromatic N) is 1. The quantitative estimate of drug-likeness (QED) is 0.610. The van der Waals surface area contributed by atoms with E-state index in [2.05, 4.69) is 4.98 Å². The lowest BCUT2D eigenvalue weighted by Crippen LogP contribution is -1.93. The molecule has 0 aliphatic carbocycles. The number of hydrogen-bond donors (Lipinski definition) is 2. The van der Waals surface area contributed by atoms with Crippen LogP contribution in [0.25, 0.3) is 0 Å². The zero-order chi connectivity index (χ0) is 9.30. The third-order valence-corrected chi connectivity index (χ3v) is 1.63. The maximum atomic E-state index is 10.9. The van der Waals surface area contributed by atoms with Crippen molar-refractivity contribution in [1.82, 2.24) is 4.98 Å². The van der Waals surface area contributed by atoms with Gasteiger partial charge in [0, 0.05) is 5.69 Å². The van der Waals surface area contributed by atoms with E-state index < -0.39 is 0 Å². The van der Waals surface area contributed by atoms with Gasteiger partial charge in [0.1, 0.15) is 6.07 Å². The van der Waals surface area contributed by atoms with Gasteiger partial charge < -0.3 is 10.1 Å². The van der Waals surface area contributed by atoms with Gasteiger partial charge in [0.2, 0.25) is 5.88 Å². The van der Waals surface area contributed by atoms with E-state index in [1.54, 1.807) is 6.92 Å². The third-order valence-electron chi connectivity index (χ3n) is 1.63. The first-order valence-corrected chi connectivity index (χ1v) is 3.40. The van der Waals surface area contributed by atoms with E-state index >= 15 is 0 Å². The summed E-state index contributed by atoms with van der Waals surface area (Å²) in [5.74, 6) is -0.537. The van der Waals surface area contributed by atoms with E-state index in [0.717, 1.165) is 0 Å². The Morgan fingerprint density at radius 1 is 1.67 bits per heavy atom. The fourth-order valence-electron chi connectivity index (χ4n) is 1.09. The van der Waals surface area contributed by atoms with Crippen molar-refractivity contribution in [2.75, 3.05) is 0 Å². The summed E-state index contributed by atoms with van der Waals surface area (Å²) in [7, 11) is 0. The number of H-pyrrole nitrogens is 1. The zero-order valence-electron chi connectivity index (χ0n) is 6.80. The van der Waals surface area contributed by atoms with Gasteiger partial charge in [-0.15, -0.1) is 0 Å². The Labute approximate surface area is 69.4 Å². The second kappa shape index (κ2) is 2.70. The van der Waals surface area contributed by atoms with Gasteiger partial charge in [-0.2, -0.15) is 5.26 Å². The van der Waals surface area contributed by atoms with E-state index in [0.29, 0.717) is 5.69 Å². The molecule has 0 aliphatic heterocycles. The maximum Gasteiger partial charge on any atom is 0.201 e. The molecule has 0 radical (unpaired) electrons. The van der Waals surface area contributed by atoms with Crippen LogP contribution in [0.1, 0.15) is 28.5 Å². The topological polar surface area (TPSA) is 76.9 Å². The zero-order valence-corrected chi connectivity index (χ0v) is 6.80. The average Bonchev–Trinajstić information content (AvgIpc) is 2.24. The molecule has 1 rings (SSSR count). The van der Waals surface area contributed by atoms with Gasteiger partial charge in [-0.25, -0.2) is 0 Å². The minimum Gasteiger partial charge on any atom is -0.494 e. The number of Topliss-reactive ketones (excluding diaryl/α,β-unsaturated/α-hetero) is 1. The summed E-state index contributed by atoms with van der Waals surface area (Å²) >= 11 is 0. The molecule has 0 amide bonds. The number of carbonyl (C=O) groups excluding carboxylic acids is 1. The molecule has 62 valence electrons. The first kappa shape index (κ1) is 8.34. The first-order chi connectivity index (χ1) is 5.57. The molecule has 0 saturated carbocycles. The van der Waals surface area contributed by atoms with Crippen molar-refractivity contribution in [3.05, 3.63) is 16.8 Å². The van der Waals surface area contributed by atoms with Crippen molar-refractivity contribution in [1.29, 1.82) is 5.26 Å². The standard InChI is InChI=1S/C8H8N2O2/c1-4-6(3-9)7(5(2)11)8(12)10-4/h10,12H,1-2H3. The van der Waals surface area contributed by atoms with Crippen LogP contribution in [0.15, 0.2) is 0 Å². The largest absolute Gasteiger partial charge is 0.494 e. The first-order valence-electron chi connectivity index (χ1n) is 3.40. The van der Waals surface area contributed by atoms with E-state index in [9.17, 15) is 9.90 Å². The Balaban J connectivity index is 3.45. The molecule has 0 fully saturated rings. The Morgan fingerprint density at radius 2 is 2.25 bits per heavy atom. The number of aromatic amines is 1. The maximum absolute atomic E-state index is 10.9. The number of carbonyl (C=O) groups is 1. The number of nitrogens with one attached hydrogen (secondary N) is 1. The Hall–Kier alpha value is -1.76. The molecule has 0 aromatic carbocycles. The fraction of sp³-hybridized carbons (Fsp3) is 0.250. The number of aromatic nitrogens is 1. The number of aryl methyl sites for hydroxylation is 1. The van der Waals surface area contributed by atoms with Gasteiger partial charge in [-0.05, 0) is 13.8 Å². The van der Waals surface area contributed by atoms with E-state index in [1.165, 1.54) is 6.92 Å². The van der Waals surface area contributed by atoms with Crippen molar-refractivity contribution < 1.29 is 9.90 Å².